The van der Waals surface area contributed by atoms with Crippen LogP contribution in [0.5, 0.6) is 0 Å². The van der Waals surface area contributed by atoms with Crippen LogP contribution in [0.25, 0.3) is 0 Å². The fraction of sp³-hybridized carbons (Fsp3) is 0.417. The topological polar surface area (TPSA) is 20.3 Å². The molecule has 1 rings (SSSR count). The Kier molecular flexibility index (Phi) is 4.74. The molecule has 1 unspecified atom stereocenters. The second-order valence-electron chi connectivity index (χ2n) is 3.82. The van der Waals surface area contributed by atoms with Crippen LogP contribution in [-0.2, 0) is 11.2 Å². The molecule has 1 aromatic carbocycles. The van der Waals surface area contributed by atoms with Crippen molar-refractivity contribution in [2.24, 2.45) is 0 Å². The summed E-state index contributed by atoms with van der Waals surface area (Å²) in [4.78, 5) is 13.2. The zero-order valence-corrected chi connectivity index (χ0v) is 10.2. The van der Waals surface area contributed by atoms with Crippen molar-refractivity contribution < 1.29 is 9.18 Å². The molecular formula is C12H15ClFNO. The molecule has 0 heterocycles. The van der Waals surface area contributed by atoms with Gasteiger partial charge in [0.05, 0.1) is 6.42 Å². The minimum Gasteiger partial charge on any atom is -0.344 e. The van der Waals surface area contributed by atoms with Crippen LogP contribution < -0.4 is 0 Å². The van der Waals surface area contributed by atoms with Crippen LogP contribution in [0.1, 0.15) is 12.5 Å². The number of hydrogen-bond acceptors (Lipinski definition) is 1. The van der Waals surface area contributed by atoms with Crippen molar-refractivity contribution in [2.75, 3.05) is 13.6 Å². The summed E-state index contributed by atoms with van der Waals surface area (Å²) < 4.78 is 13.3. The average Bonchev–Trinajstić information content (AvgIpc) is 2.20. The van der Waals surface area contributed by atoms with Crippen LogP contribution in [0, 0.1) is 5.82 Å². The number of carbonyl (C=O) groups is 1. The molecule has 0 radical (unpaired) electrons. The number of nitrogens with zero attached hydrogens (tertiary/aromatic N) is 1. The summed E-state index contributed by atoms with van der Waals surface area (Å²) in [7, 11) is 1.67. The molecule has 0 aliphatic heterocycles. The Morgan fingerprint density at radius 3 is 2.69 bits per heavy atom. The number of likely N-dealkylation sites (N-methyl/N-ethyl adjacent to an activating group) is 1. The molecule has 0 aliphatic carbocycles. The summed E-state index contributed by atoms with van der Waals surface area (Å²) in [5.74, 6) is -0.472. The number of halogens is 2. The highest BCUT2D eigenvalue weighted by Crippen LogP contribution is 2.08. The first-order valence-electron chi connectivity index (χ1n) is 5.12. The first-order valence-corrected chi connectivity index (χ1v) is 5.55. The molecule has 88 valence electrons. The summed E-state index contributed by atoms with van der Waals surface area (Å²) in [6, 6.07) is 6.29. The maximum atomic E-state index is 13.3. The smallest absolute Gasteiger partial charge is 0.226 e. The fourth-order valence-corrected chi connectivity index (χ4v) is 1.63. The lowest BCUT2D eigenvalue weighted by atomic mass is 10.1. The predicted octanol–water partition coefficient (Wildman–Crippen LogP) is 2.45. The molecule has 0 aliphatic rings. The molecule has 2 nitrogen and oxygen atoms in total. The summed E-state index contributed by atoms with van der Waals surface area (Å²) in [5.41, 5.74) is 0.418. The summed E-state index contributed by atoms with van der Waals surface area (Å²) in [5, 5.41) is -0.102. The lowest BCUT2D eigenvalue weighted by molar-refractivity contribution is -0.129. The van der Waals surface area contributed by atoms with Crippen molar-refractivity contribution in [3.05, 3.63) is 35.6 Å². The molecule has 1 aromatic rings. The Morgan fingerprint density at radius 2 is 2.12 bits per heavy atom. The molecule has 1 atom stereocenters. The highest BCUT2D eigenvalue weighted by molar-refractivity contribution is 6.20. The van der Waals surface area contributed by atoms with Gasteiger partial charge in [-0.25, -0.2) is 4.39 Å². The second-order valence-corrected chi connectivity index (χ2v) is 4.57. The van der Waals surface area contributed by atoms with Crippen LogP contribution in [0.4, 0.5) is 4.39 Å². The predicted molar refractivity (Wildman–Crippen MR) is 63.1 cm³/mol. The Labute approximate surface area is 100 Å². The van der Waals surface area contributed by atoms with Crippen LogP contribution in [-0.4, -0.2) is 29.8 Å². The molecule has 16 heavy (non-hydrogen) atoms. The van der Waals surface area contributed by atoms with Crippen LogP contribution in [0.2, 0.25) is 0 Å². The minimum atomic E-state index is -0.344. The summed E-state index contributed by atoms with van der Waals surface area (Å²) >= 11 is 5.78. The SMILES string of the molecule is CC(Cl)CN(C)C(=O)Cc1ccccc1F. The van der Waals surface area contributed by atoms with Gasteiger partial charge in [0.25, 0.3) is 0 Å². The van der Waals surface area contributed by atoms with E-state index in [1.54, 1.807) is 25.2 Å². The Hall–Kier alpha value is -1.09. The van der Waals surface area contributed by atoms with E-state index in [4.69, 9.17) is 11.6 Å². The van der Waals surface area contributed by atoms with Crippen LogP contribution in [0.15, 0.2) is 24.3 Å². The van der Waals surface area contributed by atoms with E-state index in [-0.39, 0.29) is 23.5 Å². The van der Waals surface area contributed by atoms with Gasteiger partial charge in [-0.1, -0.05) is 18.2 Å². The van der Waals surface area contributed by atoms with Crippen molar-refractivity contribution in [2.45, 2.75) is 18.7 Å². The third-order valence-corrected chi connectivity index (χ3v) is 2.39. The first-order chi connectivity index (χ1) is 7.50. The van der Waals surface area contributed by atoms with E-state index in [0.717, 1.165) is 0 Å². The third kappa shape index (κ3) is 3.81. The van der Waals surface area contributed by atoms with Gasteiger partial charge in [-0.05, 0) is 18.6 Å². The largest absolute Gasteiger partial charge is 0.344 e. The van der Waals surface area contributed by atoms with Crippen LogP contribution in [0.3, 0.4) is 0 Å². The van der Waals surface area contributed by atoms with Crippen molar-refractivity contribution >= 4 is 17.5 Å². The van der Waals surface area contributed by atoms with E-state index in [0.29, 0.717) is 12.1 Å². The molecule has 0 bridgehead atoms. The summed E-state index contributed by atoms with van der Waals surface area (Å²) in [6.07, 6.45) is 0.0762. The summed E-state index contributed by atoms with van der Waals surface area (Å²) in [6.45, 7) is 2.28. The van der Waals surface area contributed by atoms with Gasteiger partial charge < -0.3 is 4.90 Å². The van der Waals surface area contributed by atoms with Gasteiger partial charge in [0.15, 0.2) is 0 Å². The van der Waals surface area contributed by atoms with E-state index in [1.165, 1.54) is 11.0 Å². The van der Waals surface area contributed by atoms with E-state index < -0.39 is 0 Å². The molecule has 0 saturated carbocycles. The van der Waals surface area contributed by atoms with Gasteiger partial charge in [0.2, 0.25) is 5.91 Å². The monoisotopic (exact) mass is 243 g/mol. The Balaban J connectivity index is 2.61. The first kappa shape index (κ1) is 13.0. The van der Waals surface area contributed by atoms with E-state index in [2.05, 4.69) is 0 Å². The number of hydrogen-bond donors (Lipinski definition) is 0. The van der Waals surface area contributed by atoms with E-state index in [9.17, 15) is 9.18 Å². The van der Waals surface area contributed by atoms with Gasteiger partial charge in [-0.3, -0.25) is 4.79 Å². The molecule has 4 heteroatoms. The molecule has 0 saturated heterocycles. The van der Waals surface area contributed by atoms with E-state index >= 15 is 0 Å². The molecular weight excluding hydrogens is 229 g/mol. The van der Waals surface area contributed by atoms with Crippen LogP contribution >= 0.6 is 11.6 Å². The minimum absolute atomic E-state index is 0.0762. The van der Waals surface area contributed by atoms with Gasteiger partial charge in [0.1, 0.15) is 5.82 Å². The van der Waals surface area contributed by atoms with Gasteiger partial charge in [-0.15, -0.1) is 11.6 Å². The maximum absolute atomic E-state index is 13.3. The number of carbonyl (C=O) groups excluding carboxylic acids is 1. The van der Waals surface area contributed by atoms with Crippen molar-refractivity contribution in [3.63, 3.8) is 0 Å². The Morgan fingerprint density at radius 1 is 1.50 bits per heavy atom. The number of benzene rings is 1. The highest BCUT2D eigenvalue weighted by atomic mass is 35.5. The molecule has 1 amide bonds. The zero-order chi connectivity index (χ0) is 12.1. The number of amides is 1. The zero-order valence-electron chi connectivity index (χ0n) is 9.41. The molecule has 0 spiro atoms. The molecule has 0 aromatic heterocycles. The van der Waals surface area contributed by atoms with Crippen molar-refractivity contribution in [3.8, 4) is 0 Å². The molecule has 0 fully saturated rings. The number of rotatable bonds is 4. The standard InChI is InChI=1S/C12H15ClFNO/c1-9(13)8-15(2)12(16)7-10-5-3-4-6-11(10)14/h3-6,9H,7-8H2,1-2H3. The van der Waals surface area contributed by atoms with Gasteiger partial charge >= 0.3 is 0 Å². The maximum Gasteiger partial charge on any atom is 0.226 e. The van der Waals surface area contributed by atoms with Crippen molar-refractivity contribution in [1.29, 1.82) is 0 Å². The molecule has 0 N–H and O–H groups in total. The Bertz CT molecular complexity index is 368. The normalized spacial score (nSPS) is 12.2. The van der Waals surface area contributed by atoms with Crippen molar-refractivity contribution in [1.82, 2.24) is 4.90 Å². The van der Waals surface area contributed by atoms with E-state index in [1.807, 2.05) is 6.92 Å². The average molecular weight is 244 g/mol. The quantitative estimate of drug-likeness (QED) is 0.744. The van der Waals surface area contributed by atoms with Gasteiger partial charge in [0, 0.05) is 19.0 Å². The number of alkyl halides is 1. The van der Waals surface area contributed by atoms with Gasteiger partial charge in [-0.2, -0.15) is 0 Å². The lowest BCUT2D eigenvalue weighted by Crippen LogP contribution is -2.32. The fourth-order valence-electron chi connectivity index (χ4n) is 1.42. The third-order valence-electron chi connectivity index (χ3n) is 2.25. The second kappa shape index (κ2) is 5.85. The highest BCUT2D eigenvalue weighted by Gasteiger charge is 2.13. The lowest BCUT2D eigenvalue weighted by Gasteiger charge is -2.18.